The second-order valence-corrected chi connectivity index (χ2v) is 6.44. The number of hydrogen-bond acceptors (Lipinski definition) is 4. The van der Waals surface area contributed by atoms with Gasteiger partial charge in [0.2, 0.25) is 5.95 Å². The Balaban J connectivity index is 2.00. The number of aryl methyl sites for hydroxylation is 2. The van der Waals surface area contributed by atoms with Crippen molar-refractivity contribution < 1.29 is 4.79 Å². The number of hydrogen-bond donors (Lipinski definition) is 2. The second-order valence-electron chi connectivity index (χ2n) is 6.44. The molecule has 0 bridgehead atoms. The summed E-state index contributed by atoms with van der Waals surface area (Å²) in [6, 6.07) is 9.72. The lowest BCUT2D eigenvalue weighted by molar-refractivity contribution is 0.0945. The first-order valence-corrected chi connectivity index (χ1v) is 8.38. The number of nitrogens with one attached hydrogen (secondary N) is 2. The third-order valence-electron chi connectivity index (χ3n) is 3.79. The van der Waals surface area contributed by atoms with Crippen molar-refractivity contribution in [3.8, 4) is 0 Å². The molecule has 0 spiro atoms. The van der Waals surface area contributed by atoms with E-state index in [0.29, 0.717) is 24.1 Å². The minimum Gasteiger partial charge on any atom is -0.354 e. The van der Waals surface area contributed by atoms with Crippen molar-refractivity contribution in [2.45, 2.75) is 40.7 Å². The van der Waals surface area contributed by atoms with Gasteiger partial charge in [0, 0.05) is 18.8 Å². The molecular formula is C19H26N4O. The van der Waals surface area contributed by atoms with Crippen LogP contribution in [0.1, 0.15) is 47.6 Å². The SMILES string of the molecule is Cc1cc(C(=O)NCc2ccccc2C)nc(NCCC(C)C)n1. The van der Waals surface area contributed by atoms with Crippen LogP contribution in [0.25, 0.3) is 0 Å². The van der Waals surface area contributed by atoms with Crippen LogP contribution in [0.5, 0.6) is 0 Å². The number of carbonyl (C=O) groups excluding carboxylic acids is 1. The fraction of sp³-hybridized carbons (Fsp3) is 0.421. The smallest absolute Gasteiger partial charge is 0.270 e. The van der Waals surface area contributed by atoms with Crippen molar-refractivity contribution >= 4 is 11.9 Å². The zero-order valence-corrected chi connectivity index (χ0v) is 14.9. The van der Waals surface area contributed by atoms with E-state index in [9.17, 15) is 4.79 Å². The van der Waals surface area contributed by atoms with E-state index in [1.165, 1.54) is 0 Å². The third kappa shape index (κ3) is 5.33. The van der Waals surface area contributed by atoms with Gasteiger partial charge in [-0.15, -0.1) is 0 Å². The van der Waals surface area contributed by atoms with Crippen LogP contribution in [-0.2, 0) is 6.54 Å². The normalized spacial score (nSPS) is 10.7. The van der Waals surface area contributed by atoms with Crippen molar-refractivity contribution in [2.75, 3.05) is 11.9 Å². The van der Waals surface area contributed by atoms with Crippen LogP contribution in [0.15, 0.2) is 30.3 Å². The van der Waals surface area contributed by atoms with Crippen molar-refractivity contribution in [1.29, 1.82) is 0 Å². The fourth-order valence-corrected chi connectivity index (χ4v) is 2.31. The molecular weight excluding hydrogens is 300 g/mol. The van der Waals surface area contributed by atoms with Gasteiger partial charge >= 0.3 is 0 Å². The molecule has 5 heteroatoms. The summed E-state index contributed by atoms with van der Waals surface area (Å²) in [4.78, 5) is 21.1. The molecule has 0 aliphatic rings. The molecule has 128 valence electrons. The molecule has 1 aromatic heterocycles. The highest BCUT2D eigenvalue weighted by molar-refractivity contribution is 5.92. The van der Waals surface area contributed by atoms with E-state index in [0.717, 1.165) is 29.8 Å². The van der Waals surface area contributed by atoms with Gasteiger partial charge in [0.05, 0.1) is 0 Å². The van der Waals surface area contributed by atoms with Crippen LogP contribution in [-0.4, -0.2) is 22.4 Å². The lowest BCUT2D eigenvalue weighted by Gasteiger charge is -2.10. The Hall–Kier alpha value is -2.43. The molecule has 1 amide bonds. The summed E-state index contributed by atoms with van der Waals surface area (Å²) >= 11 is 0. The van der Waals surface area contributed by atoms with E-state index in [2.05, 4.69) is 34.4 Å². The molecule has 5 nitrogen and oxygen atoms in total. The van der Waals surface area contributed by atoms with Crippen LogP contribution in [0, 0.1) is 19.8 Å². The zero-order chi connectivity index (χ0) is 17.5. The Morgan fingerprint density at radius 3 is 2.62 bits per heavy atom. The van der Waals surface area contributed by atoms with Gasteiger partial charge in [-0.1, -0.05) is 38.1 Å². The van der Waals surface area contributed by atoms with Crippen molar-refractivity contribution in [1.82, 2.24) is 15.3 Å². The minimum absolute atomic E-state index is 0.185. The first-order chi connectivity index (χ1) is 11.5. The van der Waals surface area contributed by atoms with Gasteiger partial charge in [-0.05, 0) is 43.4 Å². The van der Waals surface area contributed by atoms with Crippen molar-refractivity contribution in [3.63, 3.8) is 0 Å². The number of nitrogens with zero attached hydrogens (tertiary/aromatic N) is 2. The average Bonchev–Trinajstić information content (AvgIpc) is 2.53. The predicted octanol–water partition coefficient (Wildman–Crippen LogP) is 3.48. The third-order valence-corrected chi connectivity index (χ3v) is 3.79. The van der Waals surface area contributed by atoms with E-state index >= 15 is 0 Å². The fourth-order valence-electron chi connectivity index (χ4n) is 2.31. The van der Waals surface area contributed by atoms with Gasteiger partial charge in [0.25, 0.3) is 5.91 Å². The summed E-state index contributed by atoms with van der Waals surface area (Å²) < 4.78 is 0. The van der Waals surface area contributed by atoms with E-state index in [-0.39, 0.29) is 5.91 Å². The predicted molar refractivity (Wildman–Crippen MR) is 97.1 cm³/mol. The molecule has 0 saturated heterocycles. The topological polar surface area (TPSA) is 66.9 Å². The maximum absolute atomic E-state index is 12.4. The van der Waals surface area contributed by atoms with E-state index < -0.39 is 0 Å². The van der Waals surface area contributed by atoms with Gasteiger partial charge in [0.1, 0.15) is 5.69 Å². The Bertz CT molecular complexity index is 698. The lowest BCUT2D eigenvalue weighted by Crippen LogP contribution is -2.25. The molecule has 24 heavy (non-hydrogen) atoms. The zero-order valence-electron chi connectivity index (χ0n) is 14.9. The summed E-state index contributed by atoms with van der Waals surface area (Å²) in [5.74, 6) is 0.937. The quantitative estimate of drug-likeness (QED) is 0.817. The monoisotopic (exact) mass is 326 g/mol. The summed E-state index contributed by atoms with van der Waals surface area (Å²) in [6.45, 7) is 9.53. The number of benzene rings is 1. The highest BCUT2D eigenvalue weighted by atomic mass is 16.1. The van der Waals surface area contributed by atoms with Crippen LogP contribution < -0.4 is 10.6 Å². The molecule has 0 aliphatic heterocycles. The molecule has 1 heterocycles. The second kappa shape index (κ2) is 8.43. The Labute approximate surface area is 143 Å². The summed E-state index contributed by atoms with van der Waals surface area (Å²) in [5, 5.41) is 6.12. The Morgan fingerprint density at radius 1 is 1.17 bits per heavy atom. The standard InChI is InChI=1S/C19H26N4O/c1-13(2)9-10-20-19-22-15(4)11-17(23-19)18(24)21-12-16-8-6-5-7-14(16)3/h5-8,11,13H,9-10,12H2,1-4H3,(H,21,24)(H,20,22,23). The van der Waals surface area contributed by atoms with Crippen LogP contribution in [0.3, 0.4) is 0 Å². The Morgan fingerprint density at radius 2 is 1.92 bits per heavy atom. The molecule has 0 radical (unpaired) electrons. The van der Waals surface area contributed by atoms with Gasteiger partial charge < -0.3 is 10.6 Å². The summed E-state index contributed by atoms with van der Waals surface area (Å²) in [7, 11) is 0. The largest absolute Gasteiger partial charge is 0.354 e. The number of amides is 1. The van der Waals surface area contributed by atoms with Crippen molar-refractivity contribution in [3.05, 3.63) is 52.8 Å². The van der Waals surface area contributed by atoms with E-state index in [1.807, 2.05) is 38.1 Å². The highest BCUT2D eigenvalue weighted by Crippen LogP contribution is 2.09. The number of carbonyl (C=O) groups is 1. The molecule has 0 saturated carbocycles. The van der Waals surface area contributed by atoms with Gasteiger partial charge in [-0.3, -0.25) is 4.79 Å². The van der Waals surface area contributed by atoms with E-state index in [4.69, 9.17) is 0 Å². The van der Waals surface area contributed by atoms with Crippen LogP contribution in [0.4, 0.5) is 5.95 Å². The van der Waals surface area contributed by atoms with Crippen LogP contribution in [0.2, 0.25) is 0 Å². The van der Waals surface area contributed by atoms with Gasteiger partial charge in [0.15, 0.2) is 0 Å². The van der Waals surface area contributed by atoms with Crippen LogP contribution >= 0.6 is 0 Å². The molecule has 2 aromatic rings. The molecule has 0 unspecified atom stereocenters. The minimum atomic E-state index is -0.185. The highest BCUT2D eigenvalue weighted by Gasteiger charge is 2.11. The number of aromatic nitrogens is 2. The number of anilines is 1. The summed E-state index contributed by atoms with van der Waals surface area (Å²) in [6.07, 6.45) is 1.03. The molecule has 2 rings (SSSR count). The Kier molecular flexibility index (Phi) is 6.29. The number of rotatable bonds is 7. The first-order valence-electron chi connectivity index (χ1n) is 8.38. The summed E-state index contributed by atoms with van der Waals surface area (Å²) in [5.41, 5.74) is 3.43. The van der Waals surface area contributed by atoms with Crippen molar-refractivity contribution in [2.24, 2.45) is 5.92 Å². The van der Waals surface area contributed by atoms with E-state index in [1.54, 1.807) is 6.07 Å². The maximum atomic E-state index is 12.4. The molecule has 0 aliphatic carbocycles. The molecule has 2 N–H and O–H groups in total. The molecule has 1 aromatic carbocycles. The molecule has 0 atom stereocenters. The van der Waals surface area contributed by atoms with Gasteiger partial charge in [-0.25, -0.2) is 9.97 Å². The maximum Gasteiger partial charge on any atom is 0.270 e. The first kappa shape index (κ1) is 17.9. The van der Waals surface area contributed by atoms with Gasteiger partial charge in [-0.2, -0.15) is 0 Å². The average molecular weight is 326 g/mol. The molecule has 0 fully saturated rings. The lowest BCUT2D eigenvalue weighted by atomic mass is 10.1.